The van der Waals surface area contributed by atoms with Crippen LogP contribution in [0.15, 0.2) is 67.0 Å². The lowest BCUT2D eigenvalue weighted by atomic mass is 10.2. The Labute approximate surface area is 167 Å². The molecule has 2 heterocycles. The maximum Gasteiger partial charge on any atom is 0.244 e. The first-order valence-electron chi connectivity index (χ1n) is 9.07. The average Bonchev–Trinajstić information content (AvgIpc) is 3.13. The van der Waals surface area contributed by atoms with E-state index in [1.54, 1.807) is 44.8 Å². The highest BCUT2D eigenvalue weighted by atomic mass is 16.5. The molecular formula is C22H20N4O3. The molecule has 146 valence electrons. The van der Waals surface area contributed by atoms with E-state index in [1.165, 1.54) is 0 Å². The molecule has 0 aliphatic rings. The number of carbonyl (C=O) groups is 1. The largest absolute Gasteiger partial charge is 0.497 e. The van der Waals surface area contributed by atoms with Crippen LogP contribution in [-0.2, 0) is 11.3 Å². The number of amides is 1. The fourth-order valence-electron chi connectivity index (χ4n) is 3.19. The van der Waals surface area contributed by atoms with Gasteiger partial charge in [-0.15, -0.1) is 0 Å². The summed E-state index contributed by atoms with van der Waals surface area (Å²) >= 11 is 0. The van der Waals surface area contributed by atoms with E-state index in [4.69, 9.17) is 14.5 Å². The number of methoxy groups -OCH3 is 2. The zero-order chi connectivity index (χ0) is 20.2. The molecule has 7 nitrogen and oxygen atoms in total. The van der Waals surface area contributed by atoms with Crippen LogP contribution in [0, 0.1) is 0 Å². The molecule has 1 amide bonds. The van der Waals surface area contributed by atoms with Gasteiger partial charge in [0, 0.05) is 24.0 Å². The molecular weight excluding hydrogens is 368 g/mol. The minimum atomic E-state index is -0.193. The van der Waals surface area contributed by atoms with Crippen LogP contribution in [0.3, 0.4) is 0 Å². The molecule has 7 heteroatoms. The van der Waals surface area contributed by atoms with E-state index >= 15 is 0 Å². The van der Waals surface area contributed by atoms with Crippen molar-refractivity contribution in [3.05, 3.63) is 67.0 Å². The van der Waals surface area contributed by atoms with Crippen LogP contribution in [-0.4, -0.2) is 34.7 Å². The molecule has 4 aromatic rings. The Hall–Kier alpha value is -3.87. The van der Waals surface area contributed by atoms with Crippen molar-refractivity contribution in [1.82, 2.24) is 14.5 Å². The fraction of sp³-hybridized carbons (Fsp3) is 0.136. The molecule has 0 fully saturated rings. The molecule has 0 bridgehead atoms. The second kappa shape index (κ2) is 8.02. The summed E-state index contributed by atoms with van der Waals surface area (Å²) in [4.78, 5) is 21.7. The molecule has 1 N–H and O–H groups in total. The number of imidazole rings is 1. The van der Waals surface area contributed by atoms with Gasteiger partial charge >= 0.3 is 0 Å². The third-order valence-corrected chi connectivity index (χ3v) is 4.56. The van der Waals surface area contributed by atoms with Crippen LogP contribution in [0.25, 0.3) is 22.4 Å². The molecule has 29 heavy (non-hydrogen) atoms. The van der Waals surface area contributed by atoms with Gasteiger partial charge in [-0.2, -0.15) is 0 Å². The number of anilines is 1. The highest BCUT2D eigenvalue weighted by Gasteiger charge is 2.16. The number of aromatic nitrogens is 3. The fourth-order valence-corrected chi connectivity index (χ4v) is 3.19. The minimum Gasteiger partial charge on any atom is -0.497 e. The predicted molar refractivity (Wildman–Crippen MR) is 111 cm³/mol. The lowest BCUT2D eigenvalue weighted by Gasteiger charge is -2.13. The summed E-state index contributed by atoms with van der Waals surface area (Å²) < 4.78 is 12.5. The standard InChI is InChI=1S/C22H20N4O3/c1-28-16-9-10-18(20(12-16)29-2)24-21(27)14-26-19-8-4-3-7-17(19)25-22(26)15-6-5-11-23-13-15/h3-13H,14H2,1-2H3,(H,24,27). The summed E-state index contributed by atoms with van der Waals surface area (Å²) in [5, 5.41) is 2.91. The van der Waals surface area contributed by atoms with Gasteiger partial charge in [-0.3, -0.25) is 9.78 Å². The number of hydrogen-bond acceptors (Lipinski definition) is 5. The topological polar surface area (TPSA) is 78.3 Å². The van der Waals surface area contributed by atoms with E-state index in [2.05, 4.69) is 10.3 Å². The Kier molecular flexibility index (Phi) is 5.11. The molecule has 4 rings (SSSR count). The second-order valence-electron chi connectivity index (χ2n) is 6.37. The first-order chi connectivity index (χ1) is 14.2. The summed E-state index contributed by atoms with van der Waals surface area (Å²) in [6.07, 6.45) is 3.45. The van der Waals surface area contributed by atoms with Gasteiger partial charge in [0.15, 0.2) is 0 Å². The Morgan fingerprint density at radius 3 is 2.69 bits per heavy atom. The quantitative estimate of drug-likeness (QED) is 0.544. The third-order valence-electron chi connectivity index (χ3n) is 4.56. The summed E-state index contributed by atoms with van der Waals surface area (Å²) in [7, 11) is 3.13. The monoisotopic (exact) mass is 388 g/mol. The van der Waals surface area contributed by atoms with E-state index in [1.807, 2.05) is 41.0 Å². The first-order valence-corrected chi connectivity index (χ1v) is 9.07. The second-order valence-corrected chi connectivity index (χ2v) is 6.37. The third kappa shape index (κ3) is 3.75. The van der Waals surface area contributed by atoms with E-state index < -0.39 is 0 Å². The lowest BCUT2D eigenvalue weighted by Crippen LogP contribution is -2.19. The van der Waals surface area contributed by atoms with E-state index in [0.717, 1.165) is 16.6 Å². The van der Waals surface area contributed by atoms with E-state index in [0.29, 0.717) is 23.0 Å². The van der Waals surface area contributed by atoms with Crippen LogP contribution in [0.2, 0.25) is 0 Å². The summed E-state index contributed by atoms with van der Waals surface area (Å²) in [6.45, 7) is 0.0971. The van der Waals surface area contributed by atoms with Gasteiger partial charge in [0.05, 0.1) is 30.9 Å². The first kappa shape index (κ1) is 18.5. The summed E-state index contributed by atoms with van der Waals surface area (Å²) in [6, 6.07) is 16.8. The van der Waals surface area contributed by atoms with Crippen molar-refractivity contribution in [2.45, 2.75) is 6.54 Å². The van der Waals surface area contributed by atoms with Crippen molar-refractivity contribution in [3.8, 4) is 22.9 Å². The highest BCUT2D eigenvalue weighted by Crippen LogP contribution is 2.29. The number of fused-ring (bicyclic) bond motifs is 1. The molecule has 0 unspecified atom stereocenters. The van der Waals surface area contributed by atoms with Crippen molar-refractivity contribution in [1.29, 1.82) is 0 Å². The summed E-state index contributed by atoms with van der Waals surface area (Å²) in [5.74, 6) is 1.68. The van der Waals surface area contributed by atoms with Gasteiger partial charge in [-0.25, -0.2) is 4.98 Å². The smallest absolute Gasteiger partial charge is 0.244 e. The van der Waals surface area contributed by atoms with Crippen molar-refractivity contribution < 1.29 is 14.3 Å². The van der Waals surface area contributed by atoms with Gasteiger partial charge < -0.3 is 19.4 Å². The van der Waals surface area contributed by atoms with Crippen molar-refractivity contribution in [2.75, 3.05) is 19.5 Å². The molecule has 0 aliphatic carbocycles. The Morgan fingerprint density at radius 2 is 1.93 bits per heavy atom. The molecule has 0 saturated heterocycles. The molecule has 2 aromatic heterocycles. The number of benzene rings is 2. The van der Waals surface area contributed by atoms with Crippen LogP contribution < -0.4 is 14.8 Å². The number of rotatable bonds is 6. The maximum atomic E-state index is 12.9. The summed E-state index contributed by atoms with van der Waals surface area (Å²) in [5.41, 5.74) is 3.12. The van der Waals surface area contributed by atoms with Crippen LogP contribution >= 0.6 is 0 Å². The number of ether oxygens (including phenoxy) is 2. The van der Waals surface area contributed by atoms with Gasteiger partial charge in [-0.05, 0) is 36.4 Å². The average molecular weight is 388 g/mol. The molecule has 0 saturated carbocycles. The number of nitrogens with zero attached hydrogens (tertiary/aromatic N) is 3. The van der Waals surface area contributed by atoms with Crippen molar-refractivity contribution in [3.63, 3.8) is 0 Å². The molecule has 0 spiro atoms. The van der Waals surface area contributed by atoms with Gasteiger partial charge in [-0.1, -0.05) is 12.1 Å². The van der Waals surface area contributed by atoms with Crippen molar-refractivity contribution >= 4 is 22.6 Å². The highest BCUT2D eigenvalue weighted by molar-refractivity contribution is 5.94. The van der Waals surface area contributed by atoms with Crippen LogP contribution in [0.1, 0.15) is 0 Å². The number of para-hydroxylation sites is 2. The number of pyridine rings is 1. The SMILES string of the molecule is COc1ccc(NC(=O)Cn2c(-c3cccnc3)nc3ccccc32)c(OC)c1. The van der Waals surface area contributed by atoms with Gasteiger partial charge in [0.1, 0.15) is 23.9 Å². The Bertz CT molecular complexity index is 1160. The Morgan fingerprint density at radius 1 is 1.07 bits per heavy atom. The van der Waals surface area contributed by atoms with Gasteiger partial charge in [0.2, 0.25) is 5.91 Å². The number of nitrogens with one attached hydrogen (secondary N) is 1. The number of carbonyl (C=O) groups excluding carboxylic acids is 1. The normalized spacial score (nSPS) is 10.7. The van der Waals surface area contributed by atoms with Crippen molar-refractivity contribution in [2.24, 2.45) is 0 Å². The predicted octanol–water partition coefficient (Wildman–Crippen LogP) is 3.75. The molecule has 2 aromatic carbocycles. The van der Waals surface area contributed by atoms with Crippen LogP contribution in [0.4, 0.5) is 5.69 Å². The maximum absolute atomic E-state index is 12.9. The zero-order valence-electron chi connectivity index (χ0n) is 16.1. The minimum absolute atomic E-state index is 0.0971. The molecule has 0 aliphatic heterocycles. The van der Waals surface area contributed by atoms with E-state index in [9.17, 15) is 4.79 Å². The Balaban J connectivity index is 1.67. The van der Waals surface area contributed by atoms with Crippen LogP contribution in [0.5, 0.6) is 11.5 Å². The molecule has 0 radical (unpaired) electrons. The number of hydrogen-bond donors (Lipinski definition) is 1. The van der Waals surface area contributed by atoms with Gasteiger partial charge in [0.25, 0.3) is 0 Å². The van der Waals surface area contributed by atoms with E-state index in [-0.39, 0.29) is 12.5 Å². The zero-order valence-corrected chi connectivity index (χ0v) is 16.1. The molecule has 0 atom stereocenters. The lowest BCUT2D eigenvalue weighted by molar-refractivity contribution is -0.116.